The Bertz CT molecular complexity index is 1010. The Morgan fingerprint density at radius 3 is 1.94 bits per heavy atom. The van der Waals surface area contributed by atoms with Gasteiger partial charge in [-0.2, -0.15) is 15.2 Å². The summed E-state index contributed by atoms with van der Waals surface area (Å²) in [5, 5.41) is 9.16. The molecule has 0 saturated carbocycles. The van der Waals surface area contributed by atoms with E-state index in [1.54, 1.807) is 0 Å². The molecule has 3 aromatic heterocycles. The van der Waals surface area contributed by atoms with E-state index in [2.05, 4.69) is 75.5 Å². The van der Waals surface area contributed by atoms with Crippen molar-refractivity contribution in [1.82, 2.24) is 29.5 Å². The number of piperidine rings is 2. The predicted octanol–water partition coefficient (Wildman–Crippen LogP) is 4.29. The Kier molecular flexibility index (Phi) is 6.08. The minimum Gasteiger partial charge on any atom is -0.354 e. The summed E-state index contributed by atoms with van der Waals surface area (Å²) < 4.78 is 4.25. The molecule has 0 bridgehead atoms. The molecule has 5 rings (SSSR count). The smallest absolute Gasteiger partial charge is 0.227 e. The third-order valence-electron chi connectivity index (χ3n) is 6.92. The van der Waals surface area contributed by atoms with Gasteiger partial charge in [0.2, 0.25) is 5.95 Å². The van der Waals surface area contributed by atoms with Crippen molar-refractivity contribution in [3.05, 3.63) is 47.7 Å². The van der Waals surface area contributed by atoms with Crippen LogP contribution in [0.5, 0.6) is 0 Å². The van der Waals surface area contributed by atoms with Gasteiger partial charge in [0, 0.05) is 44.6 Å². The maximum absolute atomic E-state index is 5.11. The number of rotatable bonds is 5. The fourth-order valence-electron chi connectivity index (χ4n) is 5.04. The fraction of sp³-hybridized carbons (Fsp3) is 0.600. The van der Waals surface area contributed by atoms with Crippen molar-refractivity contribution in [3.63, 3.8) is 0 Å². The zero-order chi connectivity index (χ0) is 22.9. The molecule has 0 spiro atoms. The van der Waals surface area contributed by atoms with Crippen LogP contribution in [0.2, 0.25) is 0 Å². The van der Waals surface area contributed by atoms with Crippen molar-refractivity contribution < 1.29 is 0 Å². The summed E-state index contributed by atoms with van der Waals surface area (Å²) in [5.41, 5.74) is 3.54. The van der Waals surface area contributed by atoms with Gasteiger partial charge in [-0.1, -0.05) is 13.8 Å². The van der Waals surface area contributed by atoms with Crippen LogP contribution in [-0.4, -0.2) is 55.7 Å². The lowest BCUT2D eigenvalue weighted by atomic mass is 10.0. The number of hydrogen-bond acceptors (Lipinski definition) is 6. The Labute approximate surface area is 196 Å². The summed E-state index contributed by atoms with van der Waals surface area (Å²) in [6.07, 6.45) is 12.8. The quantitative estimate of drug-likeness (QED) is 0.580. The van der Waals surface area contributed by atoms with Gasteiger partial charge in [-0.25, -0.2) is 4.98 Å². The molecule has 0 radical (unpaired) electrons. The van der Waals surface area contributed by atoms with Crippen LogP contribution in [-0.2, 0) is 0 Å². The van der Waals surface area contributed by atoms with E-state index in [0.717, 1.165) is 69.3 Å². The summed E-state index contributed by atoms with van der Waals surface area (Å²) in [5.74, 6) is 2.27. The van der Waals surface area contributed by atoms with E-state index in [1.165, 1.54) is 11.1 Å². The van der Waals surface area contributed by atoms with Crippen LogP contribution in [0.4, 0.5) is 11.8 Å². The highest BCUT2D eigenvalue weighted by Gasteiger charge is 2.27. The first-order valence-corrected chi connectivity index (χ1v) is 12.4. The highest BCUT2D eigenvalue weighted by Crippen LogP contribution is 2.30. The molecule has 2 saturated heterocycles. The largest absolute Gasteiger partial charge is 0.354 e. The van der Waals surface area contributed by atoms with Crippen LogP contribution in [0.15, 0.2) is 30.9 Å². The number of aromatic nitrogens is 6. The van der Waals surface area contributed by atoms with Crippen LogP contribution in [0.25, 0.3) is 0 Å². The first kappa shape index (κ1) is 21.9. The fourth-order valence-corrected chi connectivity index (χ4v) is 5.04. The molecule has 2 unspecified atom stereocenters. The Morgan fingerprint density at radius 2 is 1.39 bits per heavy atom. The van der Waals surface area contributed by atoms with Gasteiger partial charge in [-0.15, -0.1) is 0 Å². The van der Waals surface area contributed by atoms with Crippen LogP contribution in [0.1, 0.15) is 74.4 Å². The molecule has 0 aliphatic carbocycles. The molecule has 0 amide bonds. The standard InChI is InChI=1S/C25H36N8/c1-18(2)23-11-24(30-9-5-7-21(16-30)32-14-19(3)12-26-32)29-25(28-23)31-10-6-8-22(17-31)33-15-20(4)13-27-33/h11-15,18,21-22H,5-10,16-17H2,1-4H3. The zero-order valence-electron chi connectivity index (χ0n) is 20.4. The van der Waals surface area contributed by atoms with E-state index in [4.69, 9.17) is 9.97 Å². The van der Waals surface area contributed by atoms with Gasteiger partial charge < -0.3 is 9.80 Å². The Hall–Kier alpha value is -2.90. The van der Waals surface area contributed by atoms with Crippen LogP contribution in [0, 0.1) is 13.8 Å². The average Bonchev–Trinajstić information content (AvgIpc) is 3.47. The van der Waals surface area contributed by atoms with E-state index < -0.39 is 0 Å². The van der Waals surface area contributed by atoms with E-state index in [1.807, 2.05) is 12.4 Å². The summed E-state index contributed by atoms with van der Waals surface area (Å²) in [7, 11) is 0. The number of aryl methyl sites for hydroxylation is 2. The van der Waals surface area contributed by atoms with Gasteiger partial charge in [0.1, 0.15) is 5.82 Å². The monoisotopic (exact) mass is 448 g/mol. The van der Waals surface area contributed by atoms with Gasteiger partial charge in [0.05, 0.1) is 30.2 Å². The molecule has 33 heavy (non-hydrogen) atoms. The maximum Gasteiger partial charge on any atom is 0.227 e. The van der Waals surface area contributed by atoms with Crippen molar-refractivity contribution in [1.29, 1.82) is 0 Å². The second-order valence-corrected chi connectivity index (χ2v) is 10.1. The van der Waals surface area contributed by atoms with Gasteiger partial charge in [-0.05, 0) is 56.6 Å². The molecule has 176 valence electrons. The first-order valence-electron chi connectivity index (χ1n) is 12.4. The van der Waals surface area contributed by atoms with E-state index in [-0.39, 0.29) is 0 Å². The SMILES string of the molecule is Cc1cnn(C2CCCN(c3cc(C(C)C)nc(N4CCCC(n5cc(C)cn5)C4)n3)C2)c1. The maximum atomic E-state index is 5.11. The second-order valence-electron chi connectivity index (χ2n) is 10.1. The van der Waals surface area contributed by atoms with Gasteiger partial charge in [0.15, 0.2) is 0 Å². The van der Waals surface area contributed by atoms with Crippen molar-refractivity contribution in [2.24, 2.45) is 0 Å². The normalized spacial score (nSPS) is 21.7. The lowest BCUT2D eigenvalue weighted by Gasteiger charge is -2.36. The minimum atomic E-state index is 0.356. The number of hydrogen-bond donors (Lipinski definition) is 0. The molecular formula is C25H36N8. The summed E-state index contributed by atoms with van der Waals surface area (Å²) >= 11 is 0. The lowest BCUT2D eigenvalue weighted by Crippen LogP contribution is -2.40. The molecule has 2 fully saturated rings. The molecule has 3 aromatic rings. The number of nitrogens with zero attached hydrogens (tertiary/aromatic N) is 8. The highest BCUT2D eigenvalue weighted by molar-refractivity contribution is 5.47. The van der Waals surface area contributed by atoms with Gasteiger partial charge >= 0.3 is 0 Å². The second kappa shape index (κ2) is 9.15. The van der Waals surface area contributed by atoms with Crippen molar-refractivity contribution in [3.8, 4) is 0 Å². The summed E-state index contributed by atoms with van der Waals surface area (Å²) in [4.78, 5) is 14.9. The van der Waals surface area contributed by atoms with Gasteiger partial charge in [-0.3, -0.25) is 9.36 Å². The third-order valence-corrected chi connectivity index (χ3v) is 6.92. The molecule has 2 atom stereocenters. The van der Waals surface area contributed by atoms with Crippen LogP contribution in [0.3, 0.4) is 0 Å². The first-order chi connectivity index (χ1) is 16.0. The molecule has 2 aliphatic heterocycles. The molecule has 2 aliphatic rings. The predicted molar refractivity (Wildman–Crippen MR) is 131 cm³/mol. The van der Waals surface area contributed by atoms with Crippen molar-refractivity contribution in [2.45, 2.75) is 71.4 Å². The third kappa shape index (κ3) is 4.75. The molecule has 0 N–H and O–H groups in total. The summed E-state index contributed by atoms with van der Waals surface area (Å²) in [6, 6.07) is 2.95. The molecule has 5 heterocycles. The topological polar surface area (TPSA) is 67.9 Å². The lowest BCUT2D eigenvalue weighted by molar-refractivity contribution is 0.370. The zero-order valence-corrected chi connectivity index (χ0v) is 20.4. The molecular weight excluding hydrogens is 412 g/mol. The Morgan fingerprint density at radius 1 is 0.818 bits per heavy atom. The molecule has 0 aromatic carbocycles. The van der Waals surface area contributed by atoms with Crippen molar-refractivity contribution in [2.75, 3.05) is 36.0 Å². The summed E-state index contributed by atoms with van der Waals surface area (Å²) in [6.45, 7) is 12.5. The minimum absolute atomic E-state index is 0.356. The van der Waals surface area contributed by atoms with E-state index >= 15 is 0 Å². The number of anilines is 2. The van der Waals surface area contributed by atoms with E-state index in [9.17, 15) is 0 Å². The van der Waals surface area contributed by atoms with Crippen LogP contribution >= 0.6 is 0 Å². The van der Waals surface area contributed by atoms with Gasteiger partial charge in [0.25, 0.3) is 0 Å². The van der Waals surface area contributed by atoms with Crippen LogP contribution < -0.4 is 9.80 Å². The molecule has 8 nitrogen and oxygen atoms in total. The highest BCUT2D eigenvalue weighted by atomic mass is 15.4. The van der Waals surface area contributed by atoms with Crippen molar-refractivity contribution >= 4 is 11.8 Å². The molecule has 8 heteroatoms. The average molecular weight is 449 g/mol. The Balaban J connectivity index is 1.40. The van der Waals surface area contributed by atoms with E-state index in [0.29, 0.717) is 18.0 Å².